The molecule has 3 heteroatoms. The fourth-order valence-corrected chi connectivity index (χ4v) is 2.47. The van der Waals surface area contributed by atoms with Gasteiger partial charge in [-0.2, -0.15) is 0 Å². The summed E-state index contributed by atoms with van der Waals surface area (Å²) in [5.74, 6) is 0. The first-order valence-corrected chi connectivity index (χ1v) is 7.43. The molecular weight excluding hydrogens is 322 g/mol. The fraction of sp³-hybridized carbons (Fsp3) is 0.250. The van der Waals surface area contributed by atoms with E-state index in [1.165, 1.54) is 21.2 Å². The van der Waals surface area contributed by atoms with Gasteiger partial charge in [0.1, 0.15) is 0 Å². The van der Waals surface area contributed by atoms with Gasteiger partial charge in [0.2, 0.25) is 0 Å². The lowest BCUT2D eigenvalue weighted by molar-refractivity contribution is 0.884. The summed E-state index contributed by atoms with van der Waals surface area (Å²) < 4.78 is 1.18. The Morgan fingerprint density at radius 1 is 1.05 bits per heavy atom. The molecule has 19 heavy (non-hydrogen) atoms. The molecule has 0 bridgehead atoms. The molecule has 0 aromatic heterocycles. The van der Waals surface area contributed by atoms with E-state index in [9.17, 15) is 0 Å². The van der Waals surface area contributed by atoms with Crippen molar-refractivity contribution in [3.05, 3.63) is 62.6 Å². The van der Waals surface area contributed by atoms with Gasteiger partial charge in [0, 0.05) is 21.2 Å². The molecule has 0 fully saturated rings. The van der Waals surface area contributed by atoms with Crippen molar-refractivity contribution in [3.8, 4) is 0 Å². The van der Waals surface area contributed by atoms with Gasteiger partial charge in [-0.1, -0.05) is 39.7 Å². The van der Waals surface area contributed by atoms with Gasteiger partial charge in [0.15, 0.2) is 0 Å². The fourth-order valence-electron chi connectivity index (χ4n) is 2.11. The number of aryl methyl sites for hydroxylation is 2. The van der Waals surface area contributed by atoms with Crippen LogP contribution >= 0.6 is 27.5 Å². The minimum Gasteiger partial charge on any atom is -0.379 e. The van der Waals surface area contributed by atoms with E-state index < -0.39 is 0 Å². The molecule has 0 aliphatic carbocycles. The Morgan fingerprint density at radius 2 is 1.58 bits per heavy atom. The predicted molar refractivity (Wildman–Crippen MR) is 87.1 cm³/mol. The van der Waals surface area contributed by atoms with E-state index in [-0.39, 0.29) is 6.04 Å². The molecule has 0 aliphatic rings. The Morgan fingerprint density at radius 3 is 2.11 bits per heavy atom. The van der Waals surface area contributed by atoms with Gasteiger partial charge in [-0.05, 0) is 61.7 Å². The maximum atomic E-state index is 5.91. The van der Waals surface area contributed by atoms with Crippen LogP contribution in [0.2, 0.25) is 5.02 Å². The Kier molecular flexibility index (Phi) is 4.54. The summed E-state index contributed by atoms with van der Waals surface area (Å²) in [5.41, 5.74) is 4.85. The summed E-state index contributed by atoms with van der Waals surface area (Å²) in [6.07, 6.45) is 0. The molecule has 0 saturated carbocycles. The molecule has 0 radical (unpaired) electrons. The van der Waals surface area contributed by atoms with Crippen molar-refractivity contribution in [2.45, 2.75) is 26.8 Å². The van der Waals surface area contributed by atoms with Crippen LogP contribution in [0.4, 0.5) is 5.69 Å². The highest BCUT2D eigenvalue weighted by Crippen LogP contribution is 2.27. The molecule has 2 rings (SSSR count). The maximum Gasteiger partial charge on any atom is 0.0485 e. The van der Waals surface area contributed by atoms with Crippen molar-refractivity contribution in [1.29, 1.82) is 0 Å². The lowest BCUT2D eigenvalue weighted by Crippen LogP contribution is -2.07. The summed E-state index contributed by atoms with van der Waals surface area (Å²) in [7, 11) is 0. The van der Waals surface area contributed by atoms with Gasteiger partial charge in [-0.15, -0.1) is 0 Å². The number of nitrogens with one attached hydrogen (secondary N) is 1. The van der Waals surface area contributed by atoms with E-state index in [0.717, 1.165) is 10.7 Å². The molecule has 0 aliphatic heterocycles. The quantitative estimate of drug-likeness (QED) is 0.735. The second kappa shape index (κ2) is 5.98. The van der Waals surface area contributed by atoms with Gasteiger partial charge in [0.05, 0.1) is 0 Å². The lowest BCUT2D eigenvalue weighted by Gasteiger charge is -2.17. The van der Waals surface area contributed by atoms with Crippen LogP contribution in [0.15, 0.2) is 40.9 Å². The maximum absolute atomic E-state index is 5.91. The number of halogens is 2. The Labute approximate surface area is 128 Å². The zero-order valence-electron chi connectivity index (χ0n) is 11.3. The van der Waals surface area contributed by atoms with Crippen molar-refractivity contribution in [2.75, 3.05) is 5.32 Å². The van der Waals surface area contributed by atoms with Crippen molar-refractivity contribution >= 4 is 33.2 Å². The van der Waals surface area contributed by atoms with Crippen LogP contribution in [-0.4, -0.2) is 0 Å². The summed E-state index contributed by atoms with van der Waals surface area (Å²) in [5, 5.41) is 4.29. The molecule has 1 unspecified atom stereocenters. The zero-order chi connectivity index (χ0) is 14.0. The first-order valence-electron chi connectivity index (χ1n) is 6.26. The van der Waals surface area contributed by atoms with Gasteiger partial charge >= 0.3 is 0 Å². The van der Waals surface area contributed by atoms with Crippen molar-refractivity contribution in [2.24, 2.45) is 0 Å². The number of hydrogen-bond donors (Lipinski definition) is 1. The van der Waals surface area contributed by atoms with Crippen LogP contribution in [0.3, 0.4) is 0 Å². The molecule has 2 aromatic carbocycles. The Balaban J connectivity index is 2.19. The van der Waals surface area contributed by atoms with Crippen LogP contribution in [0.25, 0.3) is 0 Å². The molecule has 1 nitrogen and oxygen atoms in total. The van der Waals surface area contributed by atoms with Crippen LogP contribution in [0.1, 0.15) is 29.7 Å². The third kappa shape index (κ3) is 3.52. The van der Waals surface area contributed by atoms with Gasteiger partial charge in [-0.3, -0.25) is 0 Å². The van der Waals surface area contributed by atoms with E-state index in [1.54, 1.807) is 0 Å². The van der Waals surface area contributed by atoms with Crippen LogP contribution < -0.4 is 5.32 Å². The van der Waals surface area contributed by atoms with Crippen LogP contribution in [0.5, 0.6) is 0 Å². The molecule has 2 aromatic rings. The highest BCUT2D eigenvalue weighted by molar-refractivity contribution is 9.10. The third-order valence-corrected chi connectivity index (χ3v) is 4.69. The number of benzene rings is 2. The van der Waals surface area contributed by atoms with Gasteiger partial charge < -0.3 is 5.32 Å². The minimum atomic E-state index is 0.247. The highest BCUT2D eigenvalue weighted by Gasteiger charge is 2.07. The van der Waals surface area contributed by atoms with E-state index >= 15 is 0 Å². The molecule has 0 amide bonds. The topological polar surface area (TPSA) is 12.0 Å². The molecule has 0 saturated heterocycles. The van der Waals surface area contributed by atoms with Gasteiger partial charge in [0.25, 0.3) is 0 Å². The molecule has 0 heterocycles. The van der Waals surface area contributed by atoms with E-state index in [1.807, 2.05) is 12.1 Å². The van der Waals surface area contributed by atoms with Crippen molar-refractivity contribution in [1.82, 2.24) is 0 Å². The van der Waals surface area contributed by atoms with E-state index in [4.69, 9.17) is 11.6 Å². The standard InChI is InChI=1S/C16H17BrClN/c1-10-8-15(9-11(2)16(10)17)19-12(3)13-4-6-14(18)7-5-13/h4-9,12,19H,1-3H3. The molecular formula is C16H17BrClN. The minimum absolute atomic E-state index is 0.247. The second-order valence-corrected chi connectivity index (χ2v) is 6.07. The van der Waals surface area contributed by atoms with E-state index in [0.29, 0.717) is 0 Å². The van der Waals surface area contributed by atoms with E-state index in [2.05, 4.69) is 66.3 Å². The number of anilines is 1. The monoisotopic (exact) mass is 337 g/mol. The Bertz CT molecular complexity index is 555. The zero-order valence-corrected chi connectivity index (χ0v) is 13.6. The third-order valence-electron chi connectivity index (χ3n) is 3.19. The SMILES string of the molecule is Cc1cc(NC(C)c2ccc(Cl)cc2)cc(C)c1Br. The first-order chi connectivity index (χ1) is 8.97. The average Bonchev–Trinajstić information content (AvgIpc) is 2.36. The first kappa shape index (κ1) is 14.4. The average molecular weight is 339 g/mol. The summed E-state index contributed by atoms with van der Waals surface area (Å²) >= 11 is 9.50. The lowest BCUT2D eigenvalue weighted by atomic mass is 10.1. The summed E-state index contributed by atoms with van der Waals surface area (Å²) in [4.78, 5) is 0. The normalized spacial score (nSPS) is 12.3. The number of hydrogen-bond acceptors (Lipinski definition) is 1. The highest BCUT2D eigenvalue weighted by atomic mass is 79.9. The predicted octanol–water partition coefficient (Wildman–Crippen LogP) is 5.89. The van der Waals surface area contributed by atoms with Gasteiger partial charge in [-0.25, -0.2) is 0 Å². The molecule has 1 N–H and O–H groups in total. The smallest absolute Gasteiger partial charge is 0.0485 e. The number of rotatable bonds is 3. The molecule has 100 valence electrons. The second-order valence-electron chi connectivity index (χ2n) is 4.84. The van der Waals surface area contributed by atoms with Crippen LogP contribution in [-0.2, 0) is 0 Å². The Hall–Kier alpha value is -0.990. The molecule has 1 atom stereocenters. The molecule has 0 spiro atoms. The van der Waals surface area contributed by atoms with Crippen LogP contribution in [0, 0.1) is 13.8 Å². The van der Waals surface area contributed by atoms with Crippen molar-refractivity contribution in [3.63, 3.8) is 0 Å². The largest absolute Gasteiger partial charge is 0.379 e. The van der Waals surface area contributed by atoms with Crippen molar-refractivity contribution < 1.29 is 0 Å². The summed E-state index contributed by atoms with van der Waals surface area (Å²) in [6.45, 7) is 6.36. The summed E-state index contributed by atoms with van der Waals surface area (Å²) in [6, 6.07) is 12.5.